The van der Waals surface area contributed by atoms with Gasteiger partial charge in [-0.15, -0.1) is 0 Å². The Bertz CT molecular complexity index is 475. The highest BCUT2D eigenvalue weighted by molar-refractivity contribution is 5.60. The highest BCUT2D eigenvalue weighted by atomic mass is 19.1. The zero-order valence-electron chi connectivity index (χ0n) is 11.6. The van der Waals surface area contributed by atoms with Crippen molar-refractivity contribution in [3.8, 4) is 5.75 Å². The number of anilines is 1. The molecule has 0 aliphatic carbocycles. The topological polar surface area (TPSA) is 44.7 Å². The van der Waals surface area contributed by atoms with E-state index >= 15 is 0 Å². The van der Waals surface area contributed by atoms with E-state index in [0.29, 0.717) is 30.8 Å². The molecule has 1 aromatic carbocycles. The number of benzene rings is 1. The minimum absolute atomic E-state index is 0.244. The number of nitrogens with zero attached hydrogens (tertiary/aromatic N) is 1. The number of aliphatic hydroxyl groups excluding tert-OH is 1. The van der Waals surface area contributed by atoms with E-state index in [1.165, 1.54) is 12.8 Å². The standard InChI is InChI=1S/C15H21FN2O2/c16-14-11(3-4-12-15(14)20-10-6-17-12)13(19)5-9-18-7-1-2-8-18/h3-4,13,17,19H,1-2,5-10H2. The van der Waals surface area contributed by atoms with E-state index in [-0.39, 0.29) is 5.75 Å². The predicted molar refractivity (Wildman–Crippen MR) is 75.6 cm³/mol. The molecule has 0 aromatic heterocycles. The maximum atomic E-state index is 14.4. The molecule has 0 amide bonds. The maximum absolute atomic E-state index is 14.4. The molecule has 0 radical (unpaired) electrons. The summed E-state index contributed by atoms with van der Waals surface area (Å²) in [6.07, 6.45) is 2.24. The van der Waals surface area contributed by atoms with E-state index in [4.69, 9.17) is 4.74 Å². The molecule has 2 heterocycles. The maximum Gasteiger partial charge on any atom is 0.178 e. The Balaban J connectivity index is 1.69. The number of hydrogen-bond acceptors (Lipinski definition) is 4. The average molecular weight is 280 g/mol. The average Bonchev–Trinajstić information content (AvgIpc) is 2.99. The third-order valence-corrected chi connectivity index (χ3v) is 4.07. The molecular weight excluding hydrogens is 259 g/mol. The first kappa shape index (κ1) is 13.6. The summed E-state index contributed by atoms with van der Waals surface area (Å²) in [5.74, 6) is -0.183. The fourth-order valence-corrected chi connectivity index (χ4v) is 2.91. The number of ether oxygens (including phenoxy) is 1. The Morgan fingerprint density at radius 3 is 2.95 bits per heavy atom. The van der Waals surface area contributed by atoms with Crippen molar-refractivity contribution in [3.63, 3.8) is 0 Å². The molecule has 5 heteroatoms. The second-order valence-electron chi connectivity index (χ2n) is 5.47. The quantitative estimate of drug-likeness (QED) is 0.887. The van der Waals surface area contributed by atoms with E-state index in [9.17, 15) is 9.50 Å². The van der Waals surface area contributed by atoms with Gasteiger partial charge in [0.15, 0.2) is 11.6 Å². The van der Waals surface area contributed by atoms with Gasteiger partial charge in [-0.1, -0.05) is 6.07 Å². The molecule has 1 saturated heterocycles. The lowest BCUT2D eigenvalue weighted by Gasteiger charge is -2.23. The Labute approximate surface area is 118 Å². The van der Waals surface area contributed by atoms with Crippen molar-refractivity contribution in [1.82, 2.24) is 4.90 Å². The molecule has 0 bridgehead atoms. The largest absolute Gasteiger partial charge is 0.486 e. The second-order valence-corrected chi connectivity index (χ2v) is 5.47. The molecule has 4 nitrogen and oxygen atoms in total. The van der Waals surface area contributed by atoms with Crippen molar-refractivity contribution >= 4 is 5.69 Å². The smallest absolute Gasteiger partial charge is 0.178 e. The number of aliphatic hydroxyl groups is 1. The van der Waals surface area contributed by atoms with E-state index < -0.39 is 11.9 Å². The molecule has 2 N–H and O–H groups in total. The normalized spacial score (nSPS) is 20.1. The molecule has 1 aromatic rings. The third-order valence-electron chi connectivity index (χ3n) is 4.07. The van der Waals surface area contributed by atoms with Gasteiger partial charge in [-0.3, -0.25) is 0 Å². The van der Waals surface area contributed by atoms with Gasteiger partial charge in [0.05, 0.1) is 11.8 Å². The summed E-state index contributed by atoms with van der Waals surface area (Å²) in [6, 6.07) is 3.44. The van der Waals surface area contributed by atoms with Crippen molar-refractivity contribution in [1.29, 1.82) is 0 Å². The van der Waals surface area contributed by atoms with Crippen molar-refractivity contribution in [2.45, 2.75) is 25.4 Å². The molecule has 2 aliphatic heterocycles. The van der Waals surface area contributed by atoms with E-state index in [1.54, 1.807) is 12.1 Å². The van der Waals surface area contributed by atoms with Gasteiger partial charge >= 0.3 is 0 Å². The zero-order chi connectivity index (χ0) is 13.9. The van der Waals surface area contributed by atoms with Crippen molar-refractivity contribution in [3.05, 3.63) is 23.5 Å². The van der Waals surface area contributed by atoms with Crippen LogP contribution in [0.1, 0.15) is 30.9 Å². The fourth-order valence-electron chi connectivity index (χ4n) is 2.91. The Hall–Kier alpha value is -1.33. The van der Waals surface area contributed by atoms with Crippen LogP contribution in [0, 0.1) is 5.82 Å². The number of fused-ring (bicyclic) bond motifs is 1. The van der Waals surface area contributed by atoms with Gasteiger partial charge in [-0.05, 0) is 38.4 Å². The lowest BCUT2D eigenvalue weighted by atomic mass is 10.0. The van der Waals surface area contributed by atoms with E-state index in [2.05, 4.69) is 10.2 Å². The summed E-state index contributed by atoms with van der Waals surface area (Å²) in [6.45, 7) is 4.14. The van der Waals surface area contributed by atoms with Gasteiger partial charge in [-0.2, -0.15) is 0 Å². The van der Waals surface area contributed by atoms with Crippen LogP contribution in [0.5, 0.6) is 5.75 Å². The first-order valence-electron chi connectivity index (χ1n) is 7.35. The van der Waals surface area contributed by atoms with Crippen molar-refractivity contribution in [2.75, 3.05) is 38.1 Å². The van der Waals surface area contributed by atoms with Crippen LogP contribution in [-0.2, 0) is 0 Å². The highest BCUT2D eigenvalue weighted by Crippen LogP contribution is 2.35. The summed E-state index contributed by atoms with van der Waals surface area (Å²) < 4.78 is 19.7. The Morgan fingerprint density at radius 2 is 2.15 bits per heavy atom. The number of halogens is 1. The molecule has 1 atom stereocenters. The Morgan fingerprint density at radius 1 is 1.35 bits per heavy atom. The summed E-state index contributed by atoms with van der Waals surface area (Å²) in [7, 11) is 0. The minimum atomic E-state index is -0.772. The van der Waals surface area contributed by atoms with Crippen LogP contribution in [0.2, 0.25) is 0 Å². The van der Waals surface area contributed by atoms with Crippen LogP contribution in [0.3, 0.4) is 0 Å². The lowest BCUT2D eigenvalue weighted by Crippen LogP contribution is -2.23. The summed E-state index contributed by atoms with van der Waals surface area (Å²) in [5.41, 5.74) is 1.01. The minimum Gasteiger partial charge on any atom is -0.486 e. The predicted octanol–water partition coefficient (Wildman–Crippen LogP) is 2.15. The summed E-state index contributed by atoms with van der Waals surface area (Å²) in [5, 5.41) is 13.3. The molecule has 1 unspecified atom stereocenters. The van der Waals surface area contributed by atoms with Gasteiger partial charge in [0.2, 0.25) is 0 Å². The van der Waals surface area contributed by atoms with Gasteiger partial charge in [0, 0.05) is 18.7 Å². The van der Waals surface area contributed by atoms with Gasteiger partial charge in [0.25, 0.3) is 0 Å². The van der Waals surface area contributed by atoms with Crippen LogP contribution < -0.4 is 10.1 Å². The molecule has 110 valence electrons. The third kappa shape index (κ3) is 2.74. The lowest BCUT2D eigenvalue weighted by molar-refractivity contribution is 0.144. The molecule has 1 fully saturated rings. The fraction of sp³-hybridized carbons (Fsp3) is 0.600. The summed E-state index contributed by atoms with van der Waals surface area (Å²) >= 11 is 0. The van der Waals surface area contributed by atoms with Crippen molar-refractivity contribution < 1.29 is 14.2 Å². The highest BCUT2D eigenvalue weighted by Gasteiger charge is 2.22. The monoisotopic (exact) mass is 280 g/mol. The van der Waals surface area contributed by atoms with E-state index in [0.717, 1.165) is 19.6 Å². The van der Waals surface area contributed by atoms with E-state index in [1.807, 2.05) is 0 Å². The molecule has 0 saturated carbocycles. The van der Waals surface area contributed by atoms with Gasteiger partial charge < -0.3 is 20.1 Å². The Kier molecular flexibility index (Phi) is 4.08. The molecule has 3 rings (SSSR count). The number of rotatable bonds is 4. The number of hydrogen-bond donors (Lipinski definition) is 2. The van der Waals surface area contributed by atoms with Gasteiger partial charge in [0.1, 0.15) is 6.61 Å². The number of nitrogens with one attached hydrogen (secondary N) is 1. The van der Waals surface area contributed by atoms with Crippen LogP contribution in [-0.4, -0.2) is 42.8 Å². The second kappa shape index (κ2) is 5.97. The van der Waals surface area contributed by atoms with Crippen LogP contribution in [0.25, 0.3) is 0 Å². The molecule has 0 spiro atoms. The van der Waals surface area contributed by atoms with Crippen molar-refractivity contribution in [2.24, 2.45) is 0 Å². The zero-order valence-corrected chi connectivity index (χ0v) is 11.6. The summed E-state index contributed by atoms with van der Waals surface area (Å²) in [4.78, 5) is 2.32. The van der Waals surface area contributed by atoms with Gasteiger partial charge in [-0.25, -0.2) is 4.39 Å². The first-order valence-corrected chi connectivity index (χ1v) is 7.35. The molecule has 2 aliphatic rings. The van der Waals surface area contributed by atoms with Crippen LogP contribution in [0.15, 0.2) is 12.1 Å². The molecular formula is C15H21FN2O2. The SMILES string of the molecule is OC(CCN1CCCC1)c1ccc2c(c1F)OCCN2. The first-order chi connectivity index (χ1) is 9.75. The number of likely N-dealkylation sites (tertiary alicyclic amines) is 1. The molecule has 20 heavy (non-hydrogen) atoms. The van der Waals surface area contributed by atoms with Crippen LogP contribution >= 0.6 is 0 Å². The van der Waals surface area contributed by atoms with Crippen LogP contribution in [0.4, 0.5) is 10.1 Å².